The van der Waals surface area contributed by atoms with E-state index in [1.54, 1.807) is 7.11 Å². The Bertz CT molecular complexity index is 553. The highest BCUT2D eigenvalue weighted by Gasteiger charge is 2.12. The molecule has 21 heavy (non-hydrogen) atoms. The summed E-state index contributed by atoms with van der Waals surface area (Å²) >= 11 is 0. The molecule has 2 rings (SSSR count). The zero-order chi connectivity index (χ0) is 15.1. The first kappa shape index (κ1) is 15.9. The number of methoxy groups -OCH3 is 1. The summed E-state index contributed by atoms with van der Waals surface area (Å²) < 4.78 is 12.6. The number of aromatic nitrogens is 2. The van der Waals surface area contributed by atoms with Gasteiger partial charge >= 0.3 is 0 Å². The summed E-state index contributed by atoms with van der Waals surface area (Å²) in [6.07, 6.45) is 1.60. The average Bonchev–Trinajstić information content (AvgIpc) is 2.84. The predicted octanol–water partition coefficient (Wildman–Crippen LogP) is 1.98. The smallest absolute Gasteiger partial charge is 0.111 e. The van der Waals surface area contributed by atoms with Gasteiger partial charge in [-0.15, -0.1) is 0 Å². The molecule has 0 aliphatic carbocycles. The second kappa shape index (κ2) is 8.12. The van der Waals surface area contributed by atoms with Crippen LogP contribution in [0, 0.1) is 0 Å². The van der Waals surface area contributed by atoms with Gasteiger partial charge in [-0.25, -0.2) is 4.98 Å². The Morgan fingerprint density at radius 1 is 1.24 bits per heavy atom. The molecular formula is C16H25N3O2. The maximum atomic E-state index is 6.20. The second-order valence-electron chi connectivity index (χ2n) is 5.12. The van der Waals surface area contributed by atoms with Crippen molar-refractivity contribution in [1.29, 1.82) is 0 Å². The van der Waals surface area contributed by atoms with Gasteiger partial charge in [0, 0.05) is 32.7 Å². The molecule has 5 nitrogen and oxygen atoms in total. The summed E-state index contributed by atoms with van der Waals surface area (Å²) in [6, 6.07) is 8.28. The molecule has 116 valence electrons. The molecule has 0 spiro atoms. The first-order chi connectivity index (χ1) is 10.3. The number of benzene rings is 1. The fraction of sp³-hybridized carbons (Fsp3) is 0.562. The normalized spacial score (nSPS) is 12.9. The first-order valence-electron chi connectivity index (χ1n) is 7.52. The number of hydrogen-bond acceptors (Lipinski definition) is 4. The van der Waals surface area contributed by atoms with E-state index in [2.05, 4.69) is 17.6 Å². The number of rotatable bonds is 9. The number of aryl methyl sites for hydroxylation is 1. The minimum absolute atomic E-state index is 0.0645. The fourth-order valence-electron chi connectivity index (χ4n) is 2.45. The molecule has 0 amide bonds. The van der Waals surface area contributed by atoms with E-state index in [9.17, 15) is 0 Å². The van der Waals surface area contributed by atoms with Crippen molar-refractivity contribution >= 4 is 11.0 Å². The summed E-state index contributed by atoms with van der Waals surface area (Å²) in [5.41, 5.74) is 8.42. The summed E-state index contributed by atoms with van der Waals surface area (Å²) in [7, 11) is 1.67. The van der Waals surface area contributed by atoms with Crippen molar-refractivity contribution < 1.29 is 9.47 Å². The van der Waals surface area contributed by atoms with Crippen LogP contribution in [-0.4, -0.2) is 42.5 Å². The number of para-hydroxylation sites is 2. The predicted molar refractivity (Wildman–Crippen MR) is 84.4 cm³/mol. The molecule has 2 N–H and O–H groups in total. The minimum Gasteiger partial charge on any atom is -0.382 e. The molecule has 1 unspecified atom stereocenters. The molecule has 5 heteroatoms. The standard InChI is InChI=1S/C16H25N3O2/c1-3-19-15-7-5-4-6-14(15)18-16(19)12-13(17)8-9-21-11-10-20-2/h4-7,13H,3,8-12,17H2,1-2H3. The van der Waals surface area contributed by atoms with Gasteiger partial charge in [-0.3, -0.25) is 0 Å². The molecule has 0 saturated carbocycles. The number of imidazole rings is 1. The molecule has 0 bridgehead atoms. The molecule has 0 fully saturated rings. The molecule has 1 heterocycles. The summed E-state index contributed by atoms with van der Waals surface area (Å²) in [5.74, 6) is 1.06. The molecule has 1 atom stereocenters. The zero-order valence-electron chi connectivity index (χ0n) is 12.9. The van der Waals surface area contributed by atoms with Gasteiger partial charge in [0.15, 0.2) is 0 Å². The third-order valence-electron chi connectivity index (χ3n) is 3.56. The van der Waals surface area contributed by atoms with Crippen molar-refractivity contribution in [2.24, 2.45) is 5.73 Å². The van der Waals surface area contributed by atoms with E-state index in [1.807, 2.05) is 18.2 Å². The Kier molecular flexibility index (Phi) is 6.17. The molecule has 1 aromatic heterocycles. The van der Waals surface area contributed by atoms with Crippen LogP contribution in [0.3, 0.4) is 0 Å². The van der Waals surface area contributed by atoms with Crippen molar-refractivity contribution in [3.63, 3.8) is 0 Å². The number of nitrogens with zero attached hydrogens (tertiary/aromatic N) is 2. The zero-order valence-corrected chi connectivity index (χ0v) is 12.9. The number of ether oxygens (including phenoxy) is 2. The summed E-state index contributed by atoms with van der Waals surface area (Å²) in [6.45, 7) is 4.96. The van der Waals surface area contributed by atoms with Gasteiger partial charge in [-0.05, 0) is 25.5 Å². The quantitative estimate of drug-likeness (QED) is 0.718. The molecule has 1 aromatic carbocycles. The maximum Gasteiger partial charge on any atom is 0.111 e. The van der Waals surface area contributed by atoms with E-state index in [1.165, 1.54) is 5.52 Å². The maximum absolute atomic E-state index is 6.20. The monoisotopic (exact) mass is 291 g/mol. The van der Waals surface area contributed by atoms with Crippen LogP contribution in [0.15, 0.2) is 24.3 Å². The lowest BCUT2D eigenvalue weighted by Gasteiger charge is -2.12. The highest BCUT2D eigenvalue weighted by molar-refractivity contribution is 5.75. The van der Waals surface area contributed by atoms with Gasteiger partial charge in [0.1, 0.15) is 5.82 Å². The van der Waals surface area contributed by atoms with Gasteiger partial charge < -0.3 is 19.8 Å². The first-order valence-corrected chi connectivity index (χ1v) is 7.52. The van der Waals surface area contributed by atoms with Crippen LogP contribution in [0.5, 0.6) is 0 Å². The molecule has 2 aromatic rings. The van der Waals surface area contributed by atoms with Crippen LogP contribution in [0.25, 0.3) is 11.0 Å². The van der Waals surface area contributed by atoms with E-state index in [-0.39, 0.29) is 6.04 Å². The van der Waals surface area contributed by atoms with Crippen LogP contribution in [-0.2, 0) is 22.4 Å². The van der Waals surface area contributed by atoms with Crippen LogP contribution in [0.2, 0.25) is 0 Å². The van der Waals surface area contributed by atoms with Crippen molar-refractivity contribution in [1.82, 2.24) is 9.55 Å². The van der Waals surface area contributed by atoms with Gasteiger partial charge in [0.25, 0.3) is 0 Å². The topological polar surface area (TPSA) is 62.3 Å². The van der Waals surface area contributed by atoms with Crippen molar-refractivity contribution in [3.8, 4) is 0 Å². The molecule has 0 aliphatic heterocycles. The molecular weight excluding hydrogens is 266 g/mol. The third kappa shape index (κ3) is 4.27. The Labute approximate surface area is 126 Å². The number of hydrogen-bond donors (Lipinski definition) is 1. The Morgan fingerprint density at radius 3 is 2.81 bits per heavy atom. The molecule has 0 radical (unpaired) electrons. The van der Waals surface area contributed by atoms with Crippen molar-refractivity contribution in [2.45, 2.75) is 32.4 Å². The fourth-order valence-corrected chi connectivity index (χ4v) is 2.45. The lowest BCUT2D eigenvalue weighted by Crippen LogP contribution is -2.26. The van der Waals surface area contributed by atoms with Crippen LogP contribution < -0.4 is 5.73 Å². The lowest BCUT2D eigenvalue weighted by atomic mass is 10.1. The number of fused-ring (bicyclic) bond motifs is 1. The van der Waals surface area contributed by atoms with Gasteiger partial charge in [-0.1, -0.05) is 12.1 Å². The average molecular weight is 291 g/mol. The van der Waals surface area contributed by atoms with E-state index in [0.29, 0.717) is 19.8 Å². The van der Waals surface area contributed by atoms with Gasteiger partial charge in [-0.2, -0.15) is 0 Å². The van der Waals surface area contributed by atoms with Crippen molar-refractivity contribution in [3.05, 3.63) is 30.1 Å². The number of nitrogens with two attached hydrogens (primary N) is 1. The SMILES string of the molecule is CCn1c(CC(N)CCOCCOC)nc2ccccc21. The van der Waals surface area contributed by atoms with E-state index < -0.39 is 0 Å². The largest absolute Gasteiger partial charge is 0.382 e. The summed E-state index contributed by atoms with van der Waals surface area (Å²) in [4.78, 5) is 4.70. The van der Waals surface area contributed by atoms with E-state index in [4.69, 9.17) is 20.2 Å². The Morgan fingerprint density at radius 2 is 2.05 bits per heavy atom. The van der Waals surface area contributed by atoms with Crippen LogP contribution >= 0.6 is 0 Å². The lowest BCUT2D eigenvalue weighted by molar-refractivity contribution is 0.0671. The van der Waals surface area contributed by atoms with E-state index >= 15 is 0 Å². The summed E-state index contributed by atoms with van der Waals surface area (Å²) in [5, 5.41) is 0. The third-order valence-corrected chi connectivity index (χ3v) is 3.56. The van der Waals surface area contributed by atoms with Crippen molar-refractivity contribution in [2.75, 3.05) is 26.9 Å². The highest BCUT2D eigenvalue weighted by Crippen LogP contribution is 2.17. The molecule has 0 aliphatic rings. The Balaban J connectivity index is 1.92. The minimum atomic E-state index is 0.0645. The van der Waals surface area contributed by atoms with E-state index in [0.717, 1.165) is 30.7 Å². The second-order valence-corrected chi connectivity index (χ2v) is 5.12. The van der Waals surface area contributed by atoms with Gasteiger partial charge in [0.05, 0.1) is 24.2 Å². The Hall–Kier alpha value is -1.43. The van der Waals surface area contributed by atoms with Crippen LogP contribution in [0.4, 0.5) is 0 Å². The van der Waals surface area contributed by atoms with Gasteiger partial charge in [0.2, 0.25) is 0 Å². The highest BCUT2D eigenvalue weighted by atomic mass is 16.5. The van der Waals surface area contributed by atoms with Crippen LogP contribution in [0.1, 0.15) is 19.2 Å². The molecule has 0 saturated heterocycles.